The monoisotopic (exact) mass is 867 g/mol. The summed E-state index contributed by atoms with van der Waals surface area (Å²) in [7, 11) is 5.11. The van der Waals surface area contributed by atoms with E-state index in [9.17, 15) is 24.9 Å². The molecule has 3 aliphatic heterocycles. The topological polar surface area (TPSA) is 163 Å². The van der Waals surface area contributed by atoms with E-state index in [-0.39, 0.29) is 30.8 Å². The van der Waals surface area contributed by atoms with Crippen LogP contribution in [0.1, 0.15) is 94.4 Å². The fourth-order valence-electron chi connectivity index (χ4n) is 8.30. The number of hydrogen-bond acceptors (Lipinski definition) is 13. The Balaban J connectivity index is 2.16. The van der Waals surface area contributed by atoms with Crippen LogP contribution in [0.2, 0.25) is 0 Å². The van der Waals surface area contributed by atoms with E-state index < -0.39 is 93.7 Å². The van der Waals surface area contributed by atoms with Gasteiger partial charge in [-0.2, -0.15) is 0 Å². The lowest BCUT2D eigenvalue weighted by Crippen LogP contribution is -2.60. The molecule has 0 unspecified atom stereocenters. The van der Waals surface area contributed by atoms with Crippen molar-refractivity contribution in [2.75, 3.05) is 27.8 Å². The third kappa shape index (κ3) is 10.7. The van der Waals surface area contributed by atoms with E-state index in [1.165, 1.54) is 14.0 Å². The van der Waals surface area contributed by atoms with Crippen LogP contribution in [0.3, 0.4) is 0 Å². The van der Waals surface area contributed by atoms with Crippen LogP contribution in [0.15, 0.2) is 0 Å². The minimum Gasteiger partial charge on any atom is -0.448 e. The summed E-state index contributed by atoms with van der Waals surface area (Å²) in [6, 6.07) is 0.118. The predicted molar refractivity (Wildman–Crippen MR) is 206 cm³/mol. The zero-order chi connectivity index (χ0) is 40.2. The molecule has 3 heterocycles. The molecule has 3 saturated heterocycles. The van der Waals surface area contributed by atoms with Gasteiger partial charge in [0, 0.05) is 63.8 Å². The number of Topliss-reactive ketones (excluding diaryl/α,β-unsaturated/α-hetero) is 1. The number of ketones is 1. The van der Waals surface area contributed by atoms with E-state index in [0.29, 0.717) is 12.8 Å². The van der Waals surface area contributed by atoms with E-state index in [2.05, 4.69) is 10.8 Å². The van der Waals surface area contributed by atoms with Gasteiger partial charge in [-0.3, -0.25) is 9.59 Å². The number of hydrogen-bond donors (Lipinski definition) is 3. The number of carbonyl (C=O) groups is 2. The van der Waals surface area contributed by atoms with Crippen LogP contribution in [-0.4, -0.2) is 136 Å². The second-order valence-corrected chi connectivity index (χ2v) is 17.5. The number of rotatable bonds is 9. The average molecular weight is 868 g/mol. The van der Waals surface area contributed by atoms with Crippen molar-refractivity contribution in [1.82, 2.24) is 4.90 Å². The summed E-state index contributed by atoms with van der Waals surface area (Å²) in [5.41, 5.74) is -4.13. The molecule has 0 spiro atoms. The minimum absolute atomic E-state index is 0.118. The first-order valence-electron chi connectivity index (χ1n) is 18.9. The molecular formula is C39H66INO12. The summed E-state index contributed by atoms with van der Waals surface area (Å²) >= 11 is 1.77. The number of aliphatic hydroxyl groups excluding tert-OH is 2. The molecule has 3 N–H and O–H groups in total. The summed E-state index contributed by atoms with van der Waals surface area (Å²) in [6.45, 7) is 16.3. The fourth-order valence-corrected chi connectivity index (χ4v) is 8.92. The maximum absolute atomic E-state index is 14.1. The zero-order valence-corrected chi connectivity index (χ0v) is 35.9. The van der Waals surface area contributed by atoms with Crippen LogP contribution >= 0.6 is 22.6 Å². The molecule has 0 bridgehead atoms. The summed E-state index contributed by atoms with van der Waals surface area (Å²) in [5.74, 6) is -1.51. The first kappa shape index (κ1) is 46.4. The number of esters is 1. The summed E-state index contributed by atoms with van der Waals surface area (Å²) < 4.78 is 43.0. The lowest BCUT2D eigenvalue weighted by atomic mass is 9.74. The van der Waals surface area contributed by atoms with Crippen molar-refractivity contribution in [2.24, 2.45) is 23.7 Å². The lowest BCUT2D eigenvalue weighted by molar-refractivity contribution is -0.309. The minimum atomic E-state index is -1.97. The molecule has 0 aromatic heterocycles. The first-order valence-corrected chi connectivity index (χ1v) is 20.1. The Morgan fingerprint density at radius 1 is 0.906 bits per heavy atom. The molecule has 0 amide bonds. The van der Waals surface area contributed by atoms with Crippen molar-refractivity contribution < 1.29 is 58.1 Å². The Bertz CT molecular complexity index is 1270. The van der Waals surface area contributed by atoms with Crippen molar-refractivity contribution >= 4 is 34.3 Å². The van der Waals surface area contributed by atoms with Gasteiger partial charge in [0.05, 0.1) is 47.6 Å². The second-order valence-electron chi connectivity index (χ2n) is 16.4. The van der Waals surface area contributed by atoms with Gasteiger partial charge in [0.15, 0.2) is 16.7 Å². The van der Waals surface area contributed by atoms with Gasteiger partial charge in [-0.1, -0.05) is 20.8 Å². The highest BCUT2D eigenvalue weighted by Crippen LogP contribution is 2.42. The number of alkyl halides is 1. The fraction of sp³-hybridized carbons (Fsp3) is 0.897. The van der Waals surface area contributed by atoms with E-state index in [1.54, 1.807) is 64.3 Å². The number of ether oxygens (including phenoxy) is 7. The Morgan fingerprint density at radius 3 is 2.11 bits per heavy atom. The molecule has 17 atom stereocenters. The van der Waals surface area contributed by atoms with E-state index in [1.807, 2.05) is 27.8 Å². The van der Waals surface area contributed by atoms with Crippen molar-refractivity contribution in [3.8, 4) is 12.3 Å². The molecule has 0 saturated carbocycles. The summed E-state index contributed by atoms with van der Waals surface area (Å²) in [6.07, 6.45) is 1.19. The molecular weight excluding hydrogens is 801 g/mol. The molecule has 0 radical (unpaired) electrons. The van der Waals surface area contributed by atoms with Crippen molar-refractivity contribution in [2.45, 2.75) is 171 Å². The number of carbonyl (C=O) groups excluding carboxylic acids is 2. The van der Waals surface area contributed by atoms with Crippen molar-refractivity contribution in [3.63, 3.8) is 0 Å². The van der Waals surface area contributed by atoms with E-state index >= 15 is 0 Å². The average Bonchev–Trinajstić information content (AvgIpc) is 3.11. The highest BCUT2D eigenvalue weighted by atomic mass is 127. The molecule has 0 aliphatic carbocycles. The zero-order valence-electron chi connectivity index (χ0n) is 33.7. The van der Waals surface area contributed by atoms with Crippen molar-refractivity contribution in [1.29, 1.82) is 0 Å². The van der Waals surface area contributed by atoms with Gasteiger partial charge in [-0.15, -0.1) is 12.3 Å². The lowest BCUT2D eigenvalue weighted by Gasteiger charge is -2.49. The standard InChI is InChI=1S/C39H66INO12/c1-14-15-16-41(11)27-17-22(3)49-28(18-27)52-34-24(5)31(51-29-20-37(8,47-12)33(44)26(7)50-29)25(6)35(45)53-36(40)39(10,46)32(43)23(4)30(42)21(2)19-38(34,9)48-13/h1,21-29,31-34,36,43-44,46H,15-20H2,2-13H3/t21-,22-,23+,24+,25-,26+,27+,28+,29+,31+,32-,33+,34-,36+,37-,38-,39+/m1/s1. The van der Waals surface area contributed by atoms with Gasteiger partial charge in [0.2, 0.25) is 0 Å². The number of methoxy groups -OCH3 is 2. The van der Waals surface area contributed by atoms with Gasteiger partial charge < -0.3 is 53.4 Å². The third-order valence-corrected chi connectivity index (χ3v) is 13.6. The van der Waals surface area contributed by atoms with E-state index in [4.69, 9.17) is 39.6 Å². The van der Waals surface area contributed by atoms with Crippen LogP contribution in [0.4, 0.5) is 0 Å². The molecule has 0 aromatic carbocycles. The van der Waals surface area contributed by atoms with Crippen molar-refractivity contribution in [3.05, 3.63) is 0 Å². The molecule has 13 nitrogen and oxygen atoms in total. The number of aliphatic hydroxyl groups is 3. The largest absolute Gasteiger partial charge is 0.448 e. The molecule has 53 heavy (non-hydrogen) atoms. The highest BCUT2D eigenvalue weighted by molar-refractivity contribution is 14.1. The van der Waals surface area contributed by atoms with Gasteiger partial charge in [0.1, 0.15) is 17.5 Å². The molecule has 0 aromatic rings. The summed E-state index contributed by atoms with van der Waals surface area (Å²) in [4.78, 5) is 30.2. The number of halogens is 1. The molecule has 306 valence electrons. The first-order chi connectivity index (χ1) is 24.6. The third-order valence-electron chi connectivity index (χ3n) is 12.1. The predicted octanol–water partition coefficient (Wildman–Crippen LogP) is 3.84. The number of nitrogens with zero attached hydrogens (tertiary/aromatic N) is 1. The number of cyclic esters (lactones) is 1. The van der Waals surface area contributed by atoms with Gasteiger partial charge in [-0.05, 0) is 84.0 Å². The number of terminal acetylenes is 1. The normalized spacial score (nSPS) is 46.7. The molecule has 3 fully saturated rings. The quantitative estimate of drug-likeness (QED) is 0.133. The molecule has 3 aliphatic rings. The van der Waals surface area contributed by atoms with Gasteiger partial charge in [0.25, 0.3) is 0 Å². The highest BCUT2D eigenvalue weighted by Gasteiger charge is 2.53. The van der Waals surface area contributed by atoms with Crippen LogP contribution < -0.4 is 0 Å². The Kier molecular flexibility index (Phi) is 16.6. The summed E-state index contributed by atoms with van der Waals surface area (Å²) in [5, 5.41) is 33.7. The van der Waals surface area contributed by atoms with Crippen LogP contribution in [0, 0.1) is 36.0 Å². The van der Waals surface area contributed by atoms with Crippen LogP contribution in [-0.2, 0) is 42.7 Å². The van der Waals surface area contributed by atoms with E-state index in [0.717, 1.165) is 13.0 Å². The Morgan fingerprint density at radius 2 is 1.53 bits per heavy atom. The van der Waals surface area contributed by atoms with Gasteiger partial charge >= 0.3 is 5.97 Å². The SMILES string of the molecule is C#CCCN(C)[C@@H]1C[C@H](O[C@@H]2[C@@H](C)[C@H](O[C@H]3C[C@@](C)(OC)[C@@H](O)[C@H](C)O3)[C@@H](C)C(=O)O[C@H](I)[C@@](C)(O)[C@H](O)[C@@H](C)C(=O)[C@H](C)C[C@@]2(C)OC)O[C@H](C)C1. The van der Waals surface area contributed by atoms with Crippen LogP contribution in [0.25, 0.3) is 0 Å². The smallest absolute Gasteiger partial charge is 0.312 e. The maximum Gasteiger partial charge on any atom is 0.312 e. The second kappa shape index (κ2) is 19.0. The Labute approximate surface area is 330 Å². The Hall–Kier alpha value is -0.970. The molecule has 14 heteroatoms. The maximum atomic E-state index is 14.1. The van der Waals surface area contributed by atoms with Crippen LogP contribution in [0.5, 0.6) is 0 Å². The molecule has 3 rings (SSSR count). The van der Waals surface area contributed by atoms with Gasteiger partial charge in [-0.25, -0.2) is 0 Å².